The van der Waals surface area contributed by atoms with Crippen LogP contribution in [0.5, 0.6) is 0 Å². The van der Waals surface area contributed by atoms with Crippen LogP contribution in [0.25, 0.3) is 5.69 Å². The van der Waals surface area contributed by atoms with E-state index in [1.54, 1.807) is 12.4 Å². The summed E-state index contributed by atoms with van der Waals surface area (Å²) in [6, 6.07) is 7.64. The highest BCUT2D eigenvalue weighted by Gasteiger charge is 2.24. The van der Waals surface area contributed by atoms with Crippen LogP contribution < -0.4 is 5.32 Å². The first-order valence-electron chi connectivity index (χ1n) is 6.56. The standard InChI is InChI=1S/C13H16N4O2S/c18-20(19)9-1-2-12(10-20)16-11-3-5-13(6-4-11)17-14-7-8-15-17/h3-8,12,16H,1-2,9-10H2. The average Bonchev–Trinajstić information content (AvgIpc) is 2.92. The number of hydrogen-bond donors (Lipinski definition) is 1. The van der Waals surface area contributed by atoms with E-state index in [0.717, 1.165) is 24.2 Å². The first-order valence-corrected chi connectivity index (χ1v) is 8.38. The monoisotopic (exact) mass is 292 g/mol. The Bertz CT molecular complexity index is 665. The van der Waals surface area contributed by atoms with Gasteiger partial charge in [-0.15, -0.1) is 0 Å². The maximum Gasteiger partial charge on any atom is 0.152 e. The second kappa shape index (κ2) is 5.24. The fraction of sp³-hybridized carbons (Fsp3) is 0.385. The topological polar surface area (TPSA) is 76.9 Å². The van der Waals surface area contributed by atoms with E-state index in [4.69, 9.17) is 0 Å². The Labute approximate surface area is 117 Å². The van der Waals surface area contributed by atoms with Crippen LogP contribution in [0.1, 0.15) is 12.8 Å². The molecular weight excluding hydrogens is 276 g/mol. The third-order valence-corrected chi connectivity index (χ3v) is 5.17. The lowest BCUT2D eigenvalue weighted by atomic mass is 10.1. The molecule has 6 nitrogen and oxygen atoms in total. The average molecular weight is 292 g/mol. The lowest BCUT2D eigenvalue weighted by Crippen LogP contribution is -2.34. The Morgan fingerprint density at radius 1 is 1.15 bits per heavy atom. The molecule has 0 radical (unpaired) electrons. The smallest absolute Gasteiger partial charge is 0.152 e. The number of nitrogens with zero attached hydrogens (tertiary/aromatic N) is 3. The van der Waals surface area contributed by atoms with Gasteiger partial charge in [0.05, 0.1) is 29.6 Å². The highest BCUT2D eigenvalue weighted by molar-refractivity contribution is 7.91. The van der Waals surface area contributed by atoms with Crippen LogP contribution in [0.2, 0.25) is 0 Å². The molecule has 1 aromatic carbocycles. The van der Waals surface area contributed by atoms with Crippen molar-refractivity contribution in [2.75, 3.05) is 16.8 Å². The number of nitrogens with one attached hydrogen (secondary N) is 1. The van der Waals surface area contributed by atoms with Crippen molar-refractivity contribution in [3.8, 4) is 5.69 Å². The summed E-state index contributed by atoms with van der Waals surface area (Å²) in [6.07, 6.45) is 4.87. The molecule has 1 fully saturated rings. The van der Waals surface area contributed by atoms with Gasteiger partial charge in [0.2, 0.25) is 0 Å². The summed E-state index contributed by atoms with van der Waals surface area (Å²) < 4.78 is 23.2. The Morgan fingerprint density at radius 2 is 1.85 bits per heavy atom. The molecule has 1 atom stereocenters. The first kappa shape index (κ1) is 13.1. The summed E-state index contributed by atoms with van der Waals surface area (Å²) >= 11 is 0. The normalized spacial score (nSPS) is 21.5. The number of anilines is 1. The largest absolute Gasteiger partial charge is 0.381 e. The van der Waals surface area contributed by atoms with Gasteiger partial charge in [0.15, 0.2) is 9.84 Å². The molecule has 106 valence electrons. The second-order valence-electron chi connectivity index (χ2n) is 4.96. The van der Waals surface area contributed by atoms with E-state index in [0.29, 0.717) is 5.75 Å². The zero-order chi connectivity index (χ0) is 14.0. The van der Waals surface area contributed by atoms with Gasteiger partial charge >= 0.3 is 0 Å². The summed E-state index contributed by atoms with van der Waals surface area (Å²) in [7, 11) is -2.88. The second-order valence-corrected chi connectivity index (χ2v) is 7.19. The number of sulfone groups is 1. The number of benzene rings is 1. The van der Waals surface area contributed by atoms with Crippen molar-refractivity contribution in [3.05, 3.63) is 36.7 Å². The molecule has 0 saturated carbocycles. The van der Waals surface area contributed by atoms with Gasteiger partial charge in [-0.3, -0.25) is 0 Å². The van der Waals surface area contributed by atoms with Gasteiger partial charge in [-0.25, -0.2) is 8.42 Å². The Hall–Kier alpha value is -1.89. The highest BCUT2D eigenvalue weighted by atomic mass is 32.2. The van der Waals surface area contributed by atoms with Gasteiger partial charge in [-0.1, -0.05) is 0 Å². The molecule has 1 aliphatic rings. The lowest BCUT2D eigenvalue weighted by molar-refractivity contribution is 0.562. The molecule has 1 saturated heterocycles. The van der Waals surface area contributed by atoms with Crippen molar-refractivity contribution in [3.63, 3.8) is 0 Å². The van der Waals surface area contributed by atoms with E-state index in [1.807, 2.05) is 24.3 Å². The third-order valence-electron chi connectivity index (χ3n) is 3.35. The summed E-state index contributed by atoms with van der Waals surface area (Å²) in [5.74, 6) is 0.532. The molecule has 1 N–H and O–H groups in total. The van der Waals surface area contributed by atoms with Gasteiger partial charge in [-0.05, 0) is 37.1 Å². The summed E-state index contributed by atoms with van der Waals surface area (Å²) in [5.41, 5.74) is 1.79. The van der Waals surface area contributed by atoms with Gasteiger partial charge in [0.1, 0.15) is 0 Å². The molecule has 2 heterocycles. The predicted octanol–water partition coefficient (Wildman–Crippen LogP) is 1.26. The number of rotatable bonds is 3. The van der Waals surface area contributed by atoms with Crippen LogP contribution in [-0.4, -0.2) is 41.0 Å². The van der Waals surface area contributed by atoms with Crippen molar-refractivity contribution < 1.29 is 8.42 Å². The molecule has 0 bridgehead atoms. The first-order chi connectivity index (χ1) is 9.62. The van der Waals surface area contributed by atoms with E-state index >= 15 is 0 Å². The van der Waals surface area contributed by atoms with Crippen LogP contribution in [0, 0.1) is 0 Å². The molecule has 0 aliphatic carbocycles. The SMILES string of the molecule is O=S1(=O)CCCC(Nc2ccc(-n3nccn3)cc2)C1. The van der Waals surface area contributed by atoms with E-state index in [-0.39, 0.29) is 11.8 Å². The summed E-state index contributed by atoms with van der Waals surface area (Å²) in [6.45, 7) is 0. The zero-order valence-corrected chi connectivity index (χ0v) is 11.8. The van der Waals surface area contributed by atoms with Crippen LogP contribution in [-0.2, 0) is 9.84 Å². The van der Waals surface area contributed by atoms with E-state index in [1.165, 1.54) is 4.80 Å². The third kappa shape index (κ3) is 2.98. The van der Waals surface area contributed by atoms with E-state index in [2.05, 4.69) is 15.5 Å². The minimum absolute atomic E-state index is 0.00225. The highest BCUT2D eigenvalue weighted by Crippen LogP contribution is 2.18. The predicted molar refractivity (Wildman–Crippen MR) is 76.7 cm³/mol. The minimum Gasteiger partial charge on any atom is -0.381 e. The maximum absolute atomic E-state index is 11.6. The maximum atomic E-state index is 11.6. The van der Waals surface area contributed by atoms with E-state index in [9.17, 15) is 8.42 Å². The molecular formula is C13H16N4O2S. The van der Waals surface area contributed by atoms with Gasteiger partial charge in [-0.2, -0.15) is 15.0 Å². The van der Waals surface area contributed by atoms with Crippen LogP contribution in [0.15, 0.2) is 36.7 Å². The Balaban J connectivity index is 1.69. The molecule has 3 rings (SSSR count). The molecule has 0 amide bonds. The van der Waals surface area contributed by atoms with Crippen molar-refractivity contribution in [2.45, 2.75) is 18.9 Å². The zero-order valence-electron chi connectivity index (χ0n) is 10.9. The van der Waals surface area contributed by atoms with Gasteiger partial charge in [0, 0.05) is 11.7 Å². The summed E-state index contributed by atoms with van der Waals surface area (Å²) in [4.78, 5) is 1.54. The fourth-order valence-corrected chi connectivity index (χ4v) is 4.05. The Morgan fingerprint density at radius 3 is 2.50 bits per heavy atom. The number of aromatic nitrogens is 3. The van der Waals surface area contributed by atoms with Crippen LogP contribution in [0.4, 0.5) is 5.69 Å². The van der Waals surface area contributed by atoms with Crippen molar-refractivity contribution in [1.29, 1.82) is 0 Å². The van der Waals surface area contributed by atoms with E-state index < -0.39 is 9.84 Å². The van der Waals surface area contributed by atoms with Gasteiger partial charge in [0.25, 0.3) is 0 Å². The molecule has 1 aromatic heterocycles. The Kier molecular flexibility index (Phi) is 3.43. The molecule has 2 aromatic rings. The molecule has 7 heteroatoms. The molecule has 0 spiro atoms. The van der Waals surface area contributed by atoms with Crippen LogP contribution in [0.3, 0.4) is 0 Å². The van der Waals surface area contributed by atoms with Gasteiger partial charge < -0.3 is 5.32 Å². The van der Waals surface area contributed by atoms with Crippen molar-refractivity contribution in [1.82, 2.24) is 15.0 Å². The molecule has 20 heavy (non-hydrogen) atoms. The molecule has 1 aliphatic heterocycles. The van der Waals surface area contributed by atoms with Crippen molar-refractivity contribution in [2.24, 2.45) is 0 Å². The number of hydrogen-bond acceptors (Lipinski definition) is 5. The molecule has 1 unspecified atom stereocenters. The fourth-order valence-electron chi connectivity index (χ4n) is 2.41. The quantitative estimate of drug-likeness (QED) is 0.921. The lowest BCUT2D eigenvalue weighted by Gasteiger charge is -2.24. The van der Waals surface area contributed by atoms with Crippen LogP contribution >= 0.6 is 0 Å². The minimum atomic E-state index is -2.88. The van der Waals surface area contributed by atoms with Crippen molar-refractivity contribution >= 4 is 15.5 Å². The summed E-state index contributed by atoms with van der Waals surface area (Å²) in [5, 5.41) is 11.4.